The summed E-state index contributed by atoms with van der Waals surface area (Å²) in [5.74, 6) is 0.646. The van der Waals surface area contributed by atoms with E-state index < -0.39 is 5.60 Å². The Bertz CT molecular complexity index is 272. The van der Waals surface area contributed by atoms with Gasteiger partial charge in [-0.05, 0) is 38.0 Å². The molecule has 0 rings (SSSR count). The molecular weight excluding hydrogens is 238 g/mol. The molecule has 0 fully saturated rings. The highest BCUT2D eigenvalue weighted by Gasteiger charge is 2.30. The summed E-state index contributed by atoms with van der Waals surface area (Å²) in [4.78, 5) is 11.8. The average molecular weight is 271 g/mol. The number of amides is 1. The predicted octanol–water partition coefficient (Wildman–Crippen LogP) is 4.75. The molecule has 1 amide bonds. The molecule has 19 heavy (non-hydrogen) atoms. The van der Waals surface area contributed by atoms with Crippen molar-refractivity contribution in [2.75, 3.05) is 6.54 Å². The SMILES string of the molecule is CCC(C)CCNC(=O)OC(C)(C)CC(C)(C)CC. The molecule has 0 aromatic heterocycles. The molecule has 0 aromatic carbocycles. The first-order chi connectivity index (χ1) is 8.62. The highest BCUT2D eigenvalue weighted by Crippen LogP contribution is 2.32. The van der Waals surface area contributed by atoms with Crippen LogP contribution in [0.2, 0.25) is 0 Å². The summed E-state index contributed by atoms with van der Waals surface area (Å²) in [6.07, 6.45) is 3.81. The van der Waals surface area contributed by atoms with E-state index in [1.54, 1.807) is 0 Å². The van der Waals surface area contributed by atoms with Crippen LogP contribution >= 0.6 is 0 Å². The molecule has 0 bridgehead atoms. The van der Waals surface area contributed by atoms with Crippen LogP contribution in [0.4, 0.5) is 4.79 Å². The Morgan fingerprint density at radius 2 is 1.79 bits per heavy atom. The van der Waals surface area contributed by atoms with Crippen molar-refractivity contribution in [3.05, 3.63) is 0 Å². The van der Waals surface area contributed by atoms with Crippen molar-refractivity contribution < 1.29 is 9.53 Å². The Hall–Kier alpha value is -0.730. The van der Waals surface area contributed by atoms with Crippen LogP contribution in [0.3, 0.4) is 0 Å². The second kappa shape index (κ2) is 7.76. The maximum absolute atomic E-state index is 11.8. The van der Waals surface area contributed by atoms with Gasteiger partial charge >= 0.3 is 6.09 Å². The molecule has 3 heteroatoms. The van der Waals surface area contributed by atoms with Gasteiger partial charge in [0.15, 0.2) is 0 Å². The maximum atomic E-state index is 11.8. The number of hydrogen-bond donors (Lipinski definition) is 1. The van der Waals surface area contributed by atoms with Crippen molar-refractivity contribution in [2.24, 2.45) is 11.3 Å². The summed E-state index contributed by atoms with van der Waals surface area (Å²) in [6.45, 7) is 15.6. The molecule has 0 aliphatic heterocycles. The third-order valence-electron chi connectivity index (χ3n) is 3.83. The third kappa shape index (κ3) is 8.90. The Labute approximate surface area is 119 Å². The Morgan fingerprint density at radius 3 is 2.26 bits per heavy atom. The maximum Gasteiger partial charge on any atom is 0.407 e. The Kier molecular flexibility index (Phi) is 7.46. The highest BCUT2D eigenvalue weighted by atomic mass is 16.6. The molecule has 0 aliphatic rings. The quantitative estimate of drug-likeness (QED) is 0.691. The van der Waals surface area contributed by atoms with Crippen LogP contribution in [0.5, 0.6) is 0 Å². The van der Waals surface area contributed by atoms with E-state index in [1.165, 1.54) is 0 Å². The van der Waals surface area contributed by atoms with Crippen LogP contribution in [0.25, 0.3) is 0 Å². The predicted molar refractivity (Wildman–Crippen MR) is 81.3 cm³/mol. The first kappa shape index (κ1) is 18.3. The molecule has 0 heterocycles. The lowest BCUT2D eigenvalue weighted by molar-refractivity contribution is 0.00579. The van der Waals surface area contributed by atoms with Gasteiger partial charge in [0.2, 0.25) is 0 Å². The number of carbonyl (C=O) groups is 1. The summed E-state index contributed by atoms with van der Waals surface area (Å²) in [6, 6.07) is 0. The van der Waals surface area contributed by atoms with E-state index in [1.807, 2.05) is 13.8 Å². The molecule has 0 radical (unpaired) electrons. The molecule has 0 aromatic rings. The van der Waals surface area contributed by atoms with Gasteiger partial charge in [-0.2, -0.15) is 0 Å². The fourth-order valence-corrected chi connectivity index (χ4v) is 2.23. The smallest absolute Gasteiger partial charge is 0.407 e. The molecule has 1 N–H and O–H groups in total. The van der Waals surface area contributed by atoms with E-state index in [0.717, 1.165) is 25.7 Å². The highest BCUT2D eigenvalue weighted by molar-refractivity contribution is 5.67. The number of hydrogen-bond acceptors (Lipinski definition) is 2. The van der Waals surface area contributed by atoms with Gasteiger partial charge < -0.3 is 10.1 Å². The van der Waals surface area contributed by atoms with Gasteiger partial charge in [-0.25, -0.2) is 4.79 Å². The lowest BCUT2D eigenvalue weighted by atomic mass is 9.80. The molecule has 0 saturated carbocycles. The van der Waals surface area contributed by atoms with Crippen molar-refractivity contribution in [3.63, 3.8) is 0 Å². The number of rotatable bonds is 8. The lowest BCUT2D eigenvalue weighted by Crippen LogP contribution is -2.38. The van der Waals surface area contributed by atoms with E-state index >= 15 is 0 Å². The third-order valence-corrected chi connectivity index (χ3v) is 3.83. The van der Waals surface area contributed by atoms with Crippen LogP contribution in [-0.4, -0.2) is 18.2 Å². The number of nitrogens with one attached hydrogen (secondary N) is 1. The van der Waals surface area contributed by atoms with E-state index in [2.05, 4.69) is 39.9 Å². The van der Waals surface area contributed by atoms with Gasteiger partial charge in [-0.1, -0.05) is 47.5 Å². The van der Waals surface area contributed by atoms with Crippen molar-refractivity contribution in [3.8, 4) is 0 Å². The zero-order chi connectivity index (χ0) is 15.1. The number of carbonyl (C=O) groups excluding carboxylic acids is 1. The minimum atomic E-state index is -0.417. The first-order valence-electron chi connectivity index (χ1n) is 7.58. The van der Waals surface area contributed by atoms with Gasteiger partial charge in [-0.15, -0.1) is 0 Å². The minimum absolute atomic E-state index is 0.195. The number of alkyl carbamates (subject to hydrolysis) is 1. The van der Waals surface area contributed by atoms with E-state index in [-0.39, 0.29) is 11.5 Å². The van der Waals surface area contributed by atoms with Crippen LogP contribution in [-0.2, 0) is 4.74 Å². The van der Waals surface area contributed by atoms with E-state index in [4.69, 9.17) is 4.74 Å². The fourth-order valence-electron chi connectivity index (χ4n) is 2.23. The largest absolute Gasteiger partial charge is 0.444 e. The normalized spacial score (nSPS) is 14.1. The second-order valence-electron chi connectivity index (χ2n) is 7.07. The van der Waals surface area contributed by atoms with Crippen LogP contribution in [0.15, 0.2) is 0 Å². The summed E-state index contributed by atoms with van der Waals surface area (Å²) < 4.78 is 5.54. The average Bonchev–Trinajstić information content (AvgIpc) is 2.26. The Balaban J connectivity index is 4.09. The summed E-state index contributed by atoms with van der Waals surface area (Å²) >= 11 is 0. The summed E-state index contributed by atoms with van der Waals surface area (Å²) in [7, 11) is 0. The molecule has 3 nitrogen and oxygen atoms in total. The van der Waals surface area contributed by atoms with Gasteiger partial charge in [0.1, 0.15) is 5.60 Å². The van der Waals surface area contributed by atoms with Crippen molar-refractivity contribution >= 4 is 6.09 Å². The molecule has 0 spiro atoms. The van der Waals surface area contributed by atoms with Crippen LogP contribution in [0, 0.1) is 11.3 Å². The lowest BCUT2D eigenvalue weighted by Gasteiger charge is -2.33. The standard InChI is InChI=1S/C16H33NO2/c1-8-13(3)10-11-17-14(18)19-16(6,7)12-15(4,5)9-2/h13H,8-12H2,1-7H3,(H,17,18). The topological polar surface area (TPSA) is 38.3 Å². The van der Waals surface area contributed by atoms with Crippen molar-refractivity contribution in [1.82, 2.24) is 5.32 Å². The van der Waals surface area contributed by atoms with Gasteiger partial charge in [-0.3, -0.25) is 0 Å². The van der Waals surface area contributed by atoms with Crippen LogP contribution in [0.1, 0.15) is 74.1 Å². The van der Waals surface area contributed by atoms with E-state index in [9.17, 15) is 4.79 Å². The van der Waals surface area contributed by atoms with Gasteiger partial charge in [0.25, 0.3) is 0 Å². The van der Waals surface area contributed by atoms with Crippen molar-refractivity contribution in [1.29, 1.82) is 0 Å². The summed E-state index contributed by atoms with van der Waals surface area (Å²) in [5, 5.41) is 2.85. The first-order valence-corrected chi connectivity index (χ1v) is 7.58. The minimum Gasteiger partial charge on any atom is -0.444 e. The van der Waals surface area contributed by atoms with Gasteiger partial charge in [0.05, 0.1) is 0 Å². The van der Waals surface area contributed by atoms with Crippen LogP contribution < -0.4 is 5.32 Å². The fraction of sp³-hybridized carbons (Fsp3) is 0.938. The molecular formula is C16H33NO2. The van der Waals surface area contributed by atoms with Crippen molar-refractivity contribution in [2.45, 2.75) is 79.8 Å². The monoisotopic (exact) mass is 271 g/mol. The number of ether oxygens (including phenoxy) is 1. The zero-order valence-corrected chi connectivity index (χ0v) is 13.9. The molecule has 0 saturated heterocycles. The summed E-state index contributed by atoms with van der Waals surface area (Å²) in [5.41, 5.74) is -0.222. The van der Waals surface area contributed by atoms with E-state index in [0.29, 0.717) is 12.5 Å². The second-order valence-corrected chi connectivity index (χ2v) is 7.07. The molecule has 1 unspecified atom stereocenters. The Morgan fingerprint density at radius 1 is 1.21 bits per heavy atom. The zero-order valence-electron chi connectivity index (χ0n) is 13.9. The molecule has 114 valence electrons. The molecule has 0 aliphatic carbocycles. The molecule has 1 atom stereocenters. The van der Waals surface area contributed by atoms with Gasteiger partial charge in [0, 0.05) is 6.54 Å².